The summed E-state index contributed by atoms with van der Waals surface area (Å²) in [4.78, 5) is 2.74. The fraction of sp³-hybridized carbons (Fsp3) is 1.00. The number of morpholine rings is 1. The van der Waals surface area contributed by atoms with Gasteiger partial charge in [0.1, 0.15) is 0 Å². The van der Waals surface area contributed by atoms with Crippen LogP contribution >= 0.6 is 0 Å². The third-order valence-electron chi connectivity index (χ3n) is 5.33. The van der Waals surface area contributed by atoms with Crippen molar-refractivity contribution in [2.45, 2.75) is 84.4 Å². The second-order valence-corrected chi connectivity index (χ2v) is 8.50. The van der Waals surface area contributed by atoms with E-state index in [-0.39, 0.29) is 5.54 Å². The lowest BCUT2D eigenvalue weighted by Gasteiger charge is -2.47. The van der Waals surface area contributed by atoms with E-state index in [4.69, 9.17) is 4.74 Å². The van der Waals surface area contributed by atoms with Gasteiger partial charge in [-0.05, 0) is 45.4 Å². The zero-order valence-corrected chi connectivity index (χ0v) is 14.9. The van der Waals surface area contributed by atoms with E-state index in [1.165, 1.54) is 38.6 Å². The van der Waals surface area contributed by atoms with Crippen molar-refractivity contribution >= 4 is 0 Å². The van der Waals surface area contributed by atoms with Gasteiger partial charge < -0.3 is 10.1 Å². The second-order valence-electron chi connectivity index (χ2n) is 8.50. The van der Waals surface area contributed by atoms with Crippen LogP contribution in [0, 0.1) is 5.41 Å². The molecule has 2 aliphatic rings. The Balaban J connectivity index is 1.95. The van der Waals surface area contributed by atoms with Gasteiger partial charge in [0.05, 0.1) is 12.7 Å². The Bertz CT molecular complexity index is 324. The summed E-state index contributed by atoms with van der Waals surface area (Å²) in [6, 6.07) is 0.674. The molecule has 1 aliphatic heterocycles. The highest BCUT2D eigenvalue weighted by atomic mass is 16.5. The molecular formula is C18H36N2O. The van der Waals surface area contributed by atoms with Gasteiger partial charge in [-0.3, -0.25) is 4.90 Å². The maximum atomic E-state index is 6.02. The molecule has 1 heterocycles. The molecule has 3 nitrogen and oxygen atoms in total. The number of fused-ring (bicyclic) bond motifs is 1. The van der Waals surface area contributed by atoms with E-state index in [2.05, 4.69) is 44.8 Å². The van der Waals surface area contributed by atoms with Crippen LogP contribution in [0.15, 0.2) is 0 Å². The highest BCUT2D eigenvalue weighted by molar-refractivity contribution is 4.91. The van der Waals surface area contributed by atoms with Crippen molar-refractivity contribution in [3.05, 3.63) is 0 Å². The van der Waals surface area contributed by atoms with E-state index in [0.29, 0.717) is 17.6 Å². The van der Waals surface area contributed by atoms with E-state index in [1.54, 1.807) is 0 Å². The smallest absolute Gasteiger partial charge is 0.0730 e. The third kappa shape index (κ3) is 4.94. The first-order valence-corrected chi connectivity index (χ1v) is 8.94. The fourth-order valence-corrected chi connectivity index (χ4v) is 3.63. The maximum Gasteiger partial charge on any atom is 0.0730 e. The van der Waals surface area contributed by atoms with E-state index >= 15 is 0 Å². The molecule has 0 aromatic rings. The standard InChI is InChI=1S/C18H36N2O/c1-6-18(5,13-19-17(2,3)4)14-20-11-12-21-16-10-8-7-9-15(16)20/h15-16,19H,6-14H2,1-5H3. The Kier molecular flexibility index (Phi) is 5.72. The summed E-state index contributed by atoms with van der Waals surface area (Å²) in [7, 11) is 0. The van der Waals surface area contributed by atoms with Gasteiger partial charge in [-0.1, -0.05) is 26.7 Å². The summed E-state index contributed by atoms with van der Waals surface area (Å²) >= 11 is 0. The summed E-state index contributed by atoms with van der Waals surface area (Å²) in [5.74, 6) is 0. The summed E-state index contributed by atoms with van der Waals surface area (Å²) in [5, 5.41) is 3.72. The normalized spacial score (nSPS) is 30.7. The van der Waals surface area contributed by atoms with E-state index in [0.717, 1.165) is 19.7 Å². The monoisotopic (exact) mass is 296 g/mol. The molecule has 1 saturated carbocycles. The summed E-state index contributed by atoms with van der Waals surface area (Å²) in [6.45, 7) is 15.9. The van der Waals surface area contributed by atoms with Crippen LogP contribution in [0.4, 0.5) is 0 Å². The van der Waals surface area contributed by atoms with Crippen LogP contribution in [-0.4, -0.2) is 48.8 Å². The Morgan fingerprint density at radius 3 is 2.52 bits per heavy atom. The van der Waals surface area contributed by atoms with E-state index in [9.17, 15) is 0 Å². The van der Waals surface area contributed by atoms with Crippen LogP contribution in [0.5, 0.6) is 0 Å². The molecule has 2 rings (SSSR count). The van der Waals surface area contributed by atoms with Crippen LogP contribution in [0.3, 0.4) is 0 Å². The average molecular weight is 296 g/mol. The van der Waals surface area contributed by atoms with Gasteiger partial charge in [-0.15, -0.1) is 0 Å². The maximum absolute atomic E-state index is 6.02. The van der Waals surface area contributed by atoms with Crippen LogP contribution in [0.1, 0.15) is 66.7 Å². The van der Waals surface area contributed by atoms with Crippen molar-refractivity contribution < 1.29 is 4.74 Å². The van der Waals surface area contributed by atoms with Crippen molar-refractivity contribution in [1.82, 2.24) is 10.2 Å². The van der Waals surface area contributed by atoms with E-state index in [1.807, 2.05) is 0 Å². The number of hydrogen-bond donors (Lipinski definition) is 1. The molecule has 3 unspecified atom stereocenters. The molecule has 1 aliphatic carbocycles. The SMILES string of the molecule is CCC(C)(CNC(C)(C)C)CN1CCOC2CCCCC21. The summed E-state index contributed by atoms with van der Waals surface area (Å²) in [5.41, 5.74) is 0.557. The quantitative estimate of drug-likeness (QED) is 0.841. The first-order valence-electron chi connectivity index (χ1n) is 8.94. The Hall–Kier alpha value is -0.120. The summed E-state index contributed by atoms with van der Waals surface area (Å²) < 4.78 is 6.02. The number of rotatable bonds is 5. The second kappa shape index (κ2) is 6.97. The molecule has 0 spiro atoms. The largest absolute Gasteiger partial charge is 0.375 e. The molecule has 0 aromatic heterocycles. The predicted molar refractivity (Wildman–Crippen MR) is 89.7 cm³/mol. The molecule has 21 heavy (non-hydrogen) atoms. The van der Waals surface area contributed by atoms with Crippen molar-refractivity contribution in [2.75, 3.05) is 26.2 Å². The Morgan fingerprint density at radius 1 is 1.14 bits per heavy atom. The zero-order chi connectivity index (χ0) is 15.5. The number of nitrogens with zero attached hydrogens (tertiary/aromatic N) is 1. The molecule has 0 aromatic carbocycles. The van der Waals surface area contributed by atoms with E-state index < -0.39 is 0 Å². The molecule has 0 amide bonds. The number of ether oxygens (including phenoxy) is 1. The molecule has 1 N–H and O–H groups in total. The molecule has 0 bridgehead atoms. The van der Waals surface area contributed by atoms with Gasteiger partial charge in [0.25, 0.3) is 0 Å². The van der Waals surface area contributed by atoms with Crippen molar-refractivity contribution in [3.8, 4) is 0 Å². The molecule has 3 atom stereocenters. The minimum Gasteiger partial charge on any atom is -0.375 e. The van der Waals surface area contributed by atoms with Crippen LogP contribution in [0.25, 0.3) is 0 Å². The van der Waals surface area contributed by atoms with Gasteiger partial charge in [0.2, 0.25) is 0 Å². The lowest BCUT2D eigenvalue weighted by molar-refractivity contribution is -0.0981. The molecule has 2 fully saturated rings. The molecule has 124 valence electrons. The molecular weight excluding hydrogens is 260 g/mol. The summed E-state index contributed by atoms with van der Waals surface area (Å²) in [6.07, 6.45) is 7.06. The molecule has 3 heteroatoms. The Labute approximate surface area is 131 Å². The lowest BCUT2D eigenvalue weighted by Crippen LogP contribution is -2.56. The van der Waals surface area contributed by atoms with Gasteiger partial charge in [-0.25, -0.2) is 0 Å². The third-order valence-corrected chi connectivity index (χ3v) is 5.33. The Morgan fingerprint density at radius 2 is 1.86 bits per heavy atom. The van der Waals surface area contributed by atoms with Gasteiger partial charge in [-0.2, -0.15) is 0 Å². The number of hydrogen-bond acceptors (Lipinski definition) is 3. The first-order chi connectivity index (χ1) is 9.83. The van der Waals surface area contributed by atoms with Crippen molar-refractivity contribution in [3.63, 3.8) is 0 Å². The molecule has 0 radical (unpaired) electrons. The minimum absolute atomic E-state index is 0.203. The molecule has 1 saturated heterocycles. The number of nitrogens with one attached hydrogen (secondary N) is 1. The lowest BCUT2D eigenvalue weighted by atomic mass is 9.83. The van der Waals surface area contributed by atoms with Crippen LogP contribution < -0.4 is 5.32 Å². The van der Waals surface area contributed by atoms with Crippen LogP contribution in [0.2, 0.25) is 0 Å². The zero-order valence-electron chi connectivity index (χ0n) is 14.9. The van der Waals surface area contributed by atoms with Gasteiger partial charge in [0.15, 0.2) is 0 Å². The highest BCUT2D eigenvalue weighted by Gasteiger charge is 2.37. The average Bonchev–Trinajstić information content (AvgIpc) is 2.45. The highest BCUT2D eigenvalue weighted by Crippen LogP contribution is 2.32. The van der Waals surface area contributed by atoms with Crippen molar-refractivity contribution in [2.24, 2.45) is 5.41 Å². The fourth-order valence-electron chi connectivity index (χ4n) is 3.63. The minimum atomic E-state index is 0.203. The topological polar surface area (TPSA) is 24.5 Å². The van der Waals surface area contributed by atoms with Crippen LogP contribution in [-0.2, 0) is 4.74 Å². The van der Waals surface area contributed by atoms with Crippen molar-refractivity contribution in [1.29, 1.82) is 0 Å². The predicted octanol–water partition coefficient (Wildman–Crippen LogP) is 3.43. The van der Waals surface area contributed by atoms with Gasteiger partial charge in [0, 0.05) is 31.2 Å². The van der Waals surface area contributed by atoms with Gasteiger partial charge >= 0.3 is 0 Å². The first kappa shape index (κ1) is 17.2.